The maximum atomic E-state index is 13.4. The molecule has 2 aromatic rings. The second-order valence-electron chi connectivity index (χ2n) is 4.09. The summed E-state index contributed by atoms with van der Waals surface area (Å²) < 4.78 is 14.1. The molecule has 0 aliphatic rings. The average molecular weight is 358 g/mol. The van der Waals surface area contributed by atoms with Gasteiger partial charge in [-0.2, -0.15) is 0 Å². The predicted molar refractivity (Wildman–Crippen MR) is 79.4 cm³/mol. The van der Waals surface area contributed by atoms with Gasteiger partial charge in [-0.1, -0.05) is 29.8 Å². The van der Waals surface area contributed by atoms with Crippen molar-refractivity contribution in [3.8, 4) is 0 Å². The lowest BCUT2D eigenvalue weighted by Gasteiger charge is -2.07. The summed E-state index contributed by atoms with van der Waals surface area (Å²) in [5.41, 5.74) is 0.848. The molecule has 1 amide bonds. The predicted octanol–water partition coefficient (Wildman–Crippen LogP) is 3.61. The summed E-state index contributed by atoms with van der Waals surface area (Å²) in [6.45, 7) is 0.322. The van der Waals surface area contributed by atoms with Gasteiger partial charge in [0.15, 0.2) is 0 Å². The Morgan fingerprint density at radius 1 is 1.40 bits per heavy atom. The highest BCUT2D eigenvalue weighted by molar-refractivity contribution is 9.10. The summed E-state index contributed by atoms with van der Waals surface area (Å²) in [6.07, 6.45) is 1.93. The van der Waals surface area contributed by atoms with Crippen molar-refractivity contribution in [2.45, 2.75) is 6.42 Å². The Hall–Kier alpha value is -1.46. The molecule has 0 bridgehead atoms. The molecular weight excluding hydrogens is 347 g/mol. The number of halogens is 3. The number of benzene rings is 1. The van der Waals surface area contributed by atoms with Crippen LogP contribution in [-0.4, -0.2) is 17.4 Å². The molecular formula is C14H11BrClFN2O. The molecule has 1 heterocycles. The van der Waals surface area contributed by atoms with Gasteiger partial charge in [0.25, 0.3) is 5.91 Å². The second-order valence-corrected chi connectivity index (χ2v) is 5.36. The molecule has 104 valence electrons. The molecule has 20 heavy (non-hydrogen) atoms. The van der Waals surface area contributed by atoms with E-state index in [1.54, 1.807) is 24.3 Å². The molecule has 0 aliphatic heterocycles. The summed E-state index contributed by atoms with van der Waals surface area (Å²) in [7, 11) is 0. The molecule has 0 unspecified atom stereocenters. The first-order valence-electron chi connectivity index (χ1n) is 5.90. The van der Waals surface area contributed by atoms with Gasteiger partial charge >= 0.3 is 0 Å². The summed E-state index contributed by atoms with van der Waals surface area (Å²) in [6, 6.07) is 8.06. The Kier molecular flexibility index (Phi) is 5.09. The number of hydrogen-bond donors (Lipinski definition) is 1. The van der Waals surface area contributed by atoms with Gasteiger partial charge in [0.05, 0.1) is 5.56 Å². The molecule has 0 fully saturated rings. The molecule has 0 atom stereocenters. The zero-order valence-electron chi connectivity index (χ0n) is 10.4. The molecule has 1 aromatic carbocycles. The molecule has 0 saturated heterocycles. The fraction of sp³-hybridized carbons (Fsp3) is 0.143. The first kappa shape index (κ1) is 14.9. The van der Waals surface area contributed by atoms with Crippen molar-refractivity contribution in [3.05, 3.63) is 63.1 Å². The lowest BCUT2D eigenvalue weighted by atomic mass is 10.1. The standard InChI is InChI=1S/C14H11BrClFN2O/c15-10-7-11(13(16)19-8-10)14(20)18-6-5-9-3-1-2-4-12(9)17/h1-4,7-8H,5-6H2,(H,18,20). The normalized spacial score (nSPS) is 10.3. The summed E-state index contributed by atoms with van der Waals surface area (Å²) in [5, 5.41) is 2.83. The third-order valence-corrected chi connectivity index (χ3v) is 3.42. The minimum absolute atomic E-state index is 0.136. The van der Waals surface area contributed by atoms with Crippen LogP contribution < -0.4 is 5.32 Å². The van der Waals surface area contributed by atoms with Crippen molar-refractivity contribution >= 4 is 33.4 Å². The number of carbonyl (C=O) groups is 1. The van der Waals surface area contributed by atoms with Crippen LogP contribution in [-0.2, 0) is 6.42 Å². The fourth-order valence-corrected chi connectivity index (χ4v) is 2.21. The molecule has 2 rings (SSSR count). The molecule has 3 nitrogen and oxygen atoms in total. The number of pyridine rings is 1. The number of carbonyl (C=O) groups excluding carboxylic acids is 1. The molecule has 1 aromatic heterocycles. The van der Waals surface area contributed by atoms with E-state index in [2.05, 4.69) is 26.2 Å². The van der Waals surface area contributed by atoms with Gasteiger partial charge < -0.3 is 5.32 Å². The van der Waals surface area contributed by atoms with Crippen LogP contribution in [0.15, 0.2) is 41.0 Å². The lowest BCUT2D eigenvalue weighted by molar-refractivity contribution is 0.0953. The van der Waals surface area contributed by atoms with Gasteiger partial charge in [-0.15, -0.1) is 0 Å². The monoisotopic (exact) mass is 356 g/mol. The van der Waals surface area contributed by atoms with Crippen molar-refractivity contribution in [2.75, 3.05) is 6.54 Å². The van der Waals surface area contributed by atoms with Gasteiger partial charge in [0, 0.05) is 17.2 Å². The van der Waals surface area contributed by atoms with Crippen molar-refractivity contribution in [1.29, 1.82) is 0 Å². The smallest absolute Gasteiger partial charge is 0.254 e. The Labute approximate surface area is 129 Å². The van der Waals surface area contributed by atoms with Crippen LogP contribution in [0, 0.1) is 5.82 Å². The SMILES string of the molecule is O=C(NCCc1ccccc1F)c1cc(Br)cnc1Cl. The summed E-state index contributed by atoms with van der Waals surface area (Å²) in [4.78, 5) is 15.8. The largest absolute Gasteiger partial charge is 0.352 e. The third-order valence-electron chi connectivity index (χ3n) is 2.69. The van der Waals surface area contributed by atoms with Crippen molar-refractivity contribution in [1.82, 2.24) is 10.3 Å². The van der Waals surface area contributed by atoms with E-state index in [9.17, 15) is 9.18 Å². The van der Waals surface area contributed by atoms with Crippen LogP contribution in [0.5, 0.6) is 0 Å². The van der Waals surface area contributed by atoms with Crippen molar-refractivity contribution < 1.29 is 9.18 Å². The Morgan fingerprint density at radius 3 is 2.90 bits per heavy atom. The van der Waals surface area contributed by atoms with Crippen LogP contribution in [0.3, 0.4) is 0 Å². The van der Waals surface area contributed by atoms with E-state index in [0.29, 0.717) is 23.0 Å². The average Bonchev–Trinajstić information content (AvgIpc) is 2.43. The maximum Gasteiger partial charge on any atom is 0.254 e. The molecule has 1 N–H and O–H groups in total. The molecule has 0 radical (unpaired) electrons. The van der Waals surface area contributed by atoms with Crippen LogP contribution in [0.2, 0.25) is 5.15 Å². The van der Waals surface area contributed by atoms with Crippen LogP contribution in [0.4, 0.5) is 4.39 Å². The maximum absolute atomic E-state index is 13.4. The number of hydrogen-bond acceptors (Lipinski definition) is 2. The number of nitrogens with zero attached hydrogens (tertiary/aromatic N) is 1. The Morgan fingerprint density at radius 2 is 2.15 bits per heavy atom. The van der Waals surface area contributed by atoms with Crippen molar-refractivity contribution in [2.24, 2.45) is 0 Å². The van der Waals surface area contributed by atoms with E-state index in [-0.39, 0.29) is 22.4 Å². The van der Waals surface area contributed by atoms with Crippen molar-refractivity contribution in [3.63, 3.8) is 0 Å². The van der Waals surface area contributed by atoms with E-state index >= 15 is 0 Å². The molecule has 0 saturated carbocycles. The first-order chi connectivity index (χ1) is 9.58. The lowest BCUT2D eigenvalue weighted by Crippen LogP contribution is -2.26. The number of nitrogens with one attached hydrogen (secondary N) is 1. The minimum atomic E-state index is -0.333. The van der Waals surface area contributed by atoms with Gasteiger partial charge in [-0.05, 0) is 40.0 Å². The topological polar surface area (TPSA) is 42.0 Å². The first-order valence-corrected chi connectivity index (χ1v) is 7.07. The fourth-order valence-electron chi connectivity index (χ4n) is 1.69. The van der Waals surface area contributed by atoms with E-state index in [1.165, 1.54) is 12.3 Å². The van der Waals surface area contributed by atoms with E-state index in [1.807, 2.05) is 0 Å². The Balaban J connectivity index is 1.96. The number of aromatic nitrogens is 1. The van der Waals surface area contributed by atoms with E-state index in [0.717, 1.165) is 0 Å². The molecule has 0 aliphatic carbocycles. The highest BCUT2D eigenvalue weighted by atomic mass is 79.9. The quantitative estimate of drug-likeness (QED) is 0.849. The van der Waals surface area contributed by atoms with Gasteiger partial charge in [-0.3, -0.25) is 4.79 Å². The molecule has 6 heteroatoms. The van der Waals surface area contributed by atoms with Gasteiger partial charge in [0.2, 0.25) is 0 Å². The van der Waals surface area contributed by atoms with Gasteiger partial charge in [0.1, 0.15) is 11.0 Å². The number of rotatable bonds is 4. The second kappa shape index (κ2) is 6.81. The van der Waals surface area contributed by atoms with E-state index < -0.39 is 0 Å². The van der Waals surface area contributed by atoms with Gasteiger partial charge in [-0.25, -0.2) is 9.37 Å². The Bertz CT molecular complexity index is 636. The summed E-state index contributed by atoms with van der Waals surface area (Å²) in [5.74, 6) is -0.607. The van der Waals surface area contributed by atoms with Crippen LogP contribution in [0.1, 0.15) is 15.9 Å². The highest BCUT2D eigenvalue weighted by Gasteiger charge is 2.11. The highest BCUT2D eigenvalue weighted by Crippen LogP contribution is 2.17. The zero-order valence-corrected chi connectivity index (χ0v) is 12.7. The minimum Gasteiger partial charge on any atom is -0.352 e. The van der Waals surface area contributed by atoms with E-state index in [4.69, 9.17) is 11.6 Å². The summed E-state index contributed by atoms with van der Waals surface area (Å²) >= 11 is 9.09. The number of amides is 1. The van der Waals surface area contributed by atoms with Crippen LogP contribution in [0.25, 0.3) is 0 Å². The molecule has 0 spiro atoms. The third kappa shape index (κ3) is 3.77. The van der Waals surface area contributed by atoms with Crippen LogP contribution >= 0.6 is 27.5 Å². The zero-order chi connectivity index (χ0) is 14.5.